The van der Waals surface area contributed by atoms with E-state index in [-0.39, 0.29) is 18.6 Å². The molecule has 1 heterocycles. The summed E-state index contributed by atoms with van der Waals surface area (Å²) >= 11 is 5.28. The Balaban J connectivity index is 2.24. The third-order valence-corrected chi connectivity index (χ3v) is 5.36. The van der Waals surface area contributed by atoms with E-state index in [0.29, 0.717) is 5.25 Å². The van der Waals surface area contributed by atoms with Crippen LogP contribution in [0, 0.1) is 0 Å². The molecule has 1 aliphatic rings. The summed E-state index contributed by atoms with van der Waals surface area (Å²) in [7, 11) is 0. The van der Waals surface area contributed by atoms with Gasteiger partial charge in [0.25, 0.3) is 0 Å². The third kappa shape index (κ3) is 3.36. The molecule has 1 aliphatic heterocycles. The molecule has 20 heavy (non-hydrogen) atoms. The average molecular weight is 359 g/mol. The number of aliphatic hydroxyl groups is 1. The molecule has 0 saturated heterocycles. The van der Waals surface area contributed by atoms with Gasteiger partial charge in [0.2, 0.25) is 5.91 Å². The highest BCUT2D eigenvalue weighted by Gasteiger charge is 2.30. The first kappa shape index (κ1) is 15.8. The second kappa shape index (κ2) is 6.93. The maximum atomic E-state index is 11.9. The minimum absolute atomic E-state index is 0.000642. The molecule has 0 saturated carbocycles. The van der Waals surface area contributed by atoms with Crippen LogP contribution in [0.1, 0.15) is 31.9 Å². The molecule has 3 N–H and O–H groups in total. The van der Waals surface area contributed by atoms with Gasteiger partial charge in [-0.15, -0.1) is 11.8 Å². The number of hydrogen-bond donors (Lipinski definition) is 3. The molecular weight excluding hydrogens is 340 g/mol. The molecule has 2 atom stereocenters. The van der Waals surface area contributed by atoms with Crippen LogP contribution in [0.4, 0.5) is 5.69 Å². The number of amides is 1. The standard InChI is InChI=1S/C14H19BrN2O2S/c1-3-16-13-9-6-10(15)12(20-8(2)4-5-18)7-11(9)17-14(13)19/h6-8,13,16,18H,3-5H2,1-2H3,(H,17,19). The highest BCUT2D eigenvalue weighted by Crippen LogP contribution is 2.40. The van der Waals surface area contributed by atoms with Gasteiger partial charge in [0.15, 0.2) is 0 Å². The Kier molecular flexibility index (Phi) is 5.49. The molecule has 110 valence electrons. The van der Waals surface area contributed by atoms with E-state index in [0.717, 1.165) is 33.6 Å². The molecule has 0 aliphatic carbocycles. The SMILES string of the molecule is CCNC1C(=O)Nc2cc(SC(C)CCO)c(Br)cc21. The minimum Gasteiger partial charge on any atom is -0.396 e. The molecule has 1 aromatic carbocycles. The summed E-state index contributed by atoms with van der Waals surface area (Å²) in [5, 5.41) is 15.4. The number of benzene rings is 1. The second-order valence-electron chi connectivity index (χ2n) is 4.79. The Labute approximate surface area is 131 Å². The first-order valence-electron chi connectivity index (χ1n) is 6.72. The van der Waals surface area contributed by atoms with E-state index < -0.39 is 0 Å². The van der Waals surface area contributed by atoms with Gasteiger partial charge in [-0.2, -0.15) is 0 Å². The molecule has 0 bridgehead atoms. The van der Waals surface area contributed by atoms with Crippen molar-refractivity contribution >= 4 is 39.3 Å². The number of anilines is 1. The summed E-state index contributed by atoms with van der Waals surface area (Å²) in [5.41, 5.74) is 1.87. The summed E-state index contributed by atoms with van der Waals surface area (Å²) in [6.45, 7) is 5.01. The number of nitrogens with one attached hydrogen (secondary N) is 2. The number of rotatable bonds is 6. The summed E-state index contributed by atoms with van der Waals surface area (Å²) < 4.78 is 0.991. The fraction of sp³-hybridized carbons (Fsp3) is 0.500. The quantitative estimate of drug-likeness (QED) is 0.684. The molecule has 0 radical (unpaired) electrons. The van der Waals surface area contributed by atoms with Gasteiger partial charge in [-0.05, 0) is 41.0 Å². The topological polar surface area (TPSA) is 61.4 Å². The number of carbonyl (C=O) groups excluding carboxylic acids is 1. The van der Waals surface area contributed by atoms with Crippen molar-refractivity contribution in [3.63, 3.8) is 0 Å². The monoisotopic (exact) mass is 358 g/mol. The Bertz CT molecular complexity index is 510. The van der Waals surface area contributed by atoms with Gasteiger partial charge in [0.05, 0.1) is 0 Å². The highest BCUT2D eigenvalue weighted by atomic mass is 79.9. The van der Waals surface area contributed by atoms with Crippen molar-refractivity contribution in [2.45, 2.75) is 36.5 Å². The predicted octanol–water partition coefficient (Wildman–Crippen LogP) is 2.91. The van der Waals surface area contributed by atoms with Crippen molar-refractivity contribution in [1.29, 1.82) is 0 Å². The lowest BCUT2D eigenvalue weighted by Crippen LogP contribution is -2.27. The maximum Gasteiger partial charge on any atom is 0.246 e. The molecule has 0 fully saturated rings. The zero-order chi connectivity index (χ0) is 14.7. The average Bonchev–Trinajstić information content (AvgIpc) is 2.67. The number of likely N-dealkylation sites (N-methyl/N-ethyl adjacent to an activating group) is 1. The van der Waals surface area contributed by atoms with E-state index >= 15 is 0 Å². The largest absolute Gasteiger partial charge is 0.396 e. The van der Waals surface area contributed by atoms with E-state index in [9.17, 15) is 4.79 Å². The lowest BCUT2D eigenvalue weighted by Gasteiger charge is -2.14. The summed E-state index contributed by atoms with van der Waals surface area (Å²) in [6, 6.07) is 3.75. The van der Waals surface area contributed by atoms with Crippen LogP contribution in [0.5, 0.6) is 0 Å². The molecule has 4 nitrogen and oxygen atoms in total. The fourth-order valence-corrected chi connectivity index (χ4v) is 3.87. The Morgan fingerprint density at radius 1 is 1.55 bits per heavy atom. The number of halogens is 1. The molecule has 0 aromatic heterocycles. The molecule has 1 aromatic rings. The number of carbonyl (C=O) groups is 1. The molecule has 6 heteroatoms. The fourth-order valence-electron chi connectivity index (χ4n) is 2.22. The number of fused-ring (bicyclic) bond motifs is 1. The van der Waals surface area contributed by atoms with Gasteiger partial charge >= 0.3 is 0 Å². The van der Waals surface area contributed by atoms with Crippen LogP contribution < -0.4 is 10.6 Å². The first-order valence-corrected chi connectivity index (χ1v) is 8.39. The zero-order valence-electron chi connectivity index (χ0n) is 11.6. The molecule has 1 amide bonds. The number of aliphatic hydroxyl groups excluding tert-OH is 1. The van der Waals surface area contributed by atoms with Crippen LogP contribution in [0.25, 0.3) is 0 Å². The smallest absolute Gasteiger partial charge is 0.246 e. The van der Waals surface area contributed by atoms with Crippen LogP contribution in [-0.4, -0.2) is 29.4 Å². The van der Waals surface area contributed by atoms with Crippen LogP contribution in [0.3, 0.4) is 0 Å². The summed E-state index contributed by atoms with van der Waals surface area (Å²) in [4.78, 5) is 13.0. The van der Waals surface area contributed by atoms with Crippen LogP contribution in [-0.2, 0) is 4.79 Å². The molecule has 2 unspecified atom stereocenters. The predicted molar refractivity (Wildman–Crippen MR) is 86.2 cm³/mol. The van der Waals surface area contributed by atoms with E-state index in [4.69, 9.17) is 5.11 Å². The van der Waals surface area contributed by atoms with Gasteiger partial charge in [-0.25, -0.2) is 0 Å². The van der Waals surface area contributed by atoms with Gasteiger partial charge in [-0.1, -0.05) is 13.8 Å². The van der Waals surface area contributed by atoms with Gasteiger partial charge in [-0.3, -0.25) is 4.79 Å². The normalized spacial score (nSPS) is 18.8. The molecule has 2 rings (SSSR count). The lowest BCUT2D eigenvalue weighted by atomic mass is 10.1. The van der Waals surface area contributed by atoms with Gasteiger partial charge in [0, 0.05) is 32.5 Å². The molecule has 0 spiro atoms. The Morgan fingerprint density at radius 3 is 2.95 bits per heavy atom. The van der Waals surface area contributed by atoms with Crippen molar-refractivity contribution < 1.29 is 9.90 Å². The molecular formula is C14H19BrN2O2S. The van der Waals surface area contributed by atoms with Crippen LogP contribution >= 0.6 is 27.7 Å². The summed E-state index contributed by atoms with van der Waals surface area (Å²) in [5.74, 6) is -0.000642. The highest BCUT2D eigenvalue weighted by molar-refractivity contribution is 9.10. The van der Waals surface area contributed by atoms with E-state index in [1.54, 1.807) is 11.8 Å². The second-order valence-corrected chi connectivity index (χ2v) is 7.13. The van der Waals surface area contributed by atoms with Gasteiger partial charge < -0.3 is 15.7 Å². The van der Waals surface area contributed by atoms with E-state index in [2.05, 4.69) is 33.5 Å². The van der Waals surface area contributed by atoms with Crippen molar-refractivity contribution in [3.8, 4) is 0 Å². The third-order valence-electron chi connectivity index (χ3n) is 3.21. The number of thioether (sulfide) groups is 1. The van der Waals surface area contributed by atoms with E-state index in [1.807, 2.05) is 19.1 Å². The maximum absolute atomic E-state index is 11.9. The first-order chi connectivity index (χ1) is 9.56. The zero-order valence-corrected chi connectivity index (χ0v) is 14.0. The van der Waals surface area contributed by atoms with Crippen LogP contribution in [0.15, 0.2) is 21.5 Å². The van der Waals surface area contributed by atoms with Gasteiger partial charge in [0.1, 0.15) is 6.04 Å². The van der Waals surface area contributed by atoms with E-state index in [1.165, 1.54) is 0 Å². The van der Waals surface area contributed by atoms with Crippen molar-refractivity contribution in [3.05, 3.63) is 22.2 Å². The Morgan fingerprint density at radius 2 is 2.30 bits per heavy atom. The Hall–Kier alpha value is -0.560. The van der Waals surface area contributed by atoms with Crippen molar-refractivity contribution in [2.24, 2.45) is 0 Å². The summed E-state index contributed by atoms with van der Waals surface area (Å²) in [6.07, 6.45) is 0.751. The van der Waals surface area contributed by atoms with Crippen LogP contribution in [0.2, 0.25) is 0 Å². The van der Waals surface area contributed by atoms with Crippen molar-refractivity contribution in [2.75, 3.05) is 18.5 Å². The lowest BCUT2D eigenvalue weighted by molar-refractivity contribution is -0.117. The minimum atomic E-state index is -0.264. The number of hydrogen-bond acceptors (Lipinski definition) is 4. The van der Waals surface area contributed by atoms with Crippen molar-refractivity contribution in [1.82, 2.24) is 5.32 Å².